The largest absolute Gasteiger partial charge is 0.417 e. The number of carbonyl (C=O) groups excluding carboxylic acids is 1. The first kappa shape index (κ1) is 15.9. The molecule has 1 aromatic rings. The zero-order chi connectivity index (χ0) is 15.6. The number of hydrogen-bond acceptors (Lipinski definition) is 2. The van der Waals surface area contributed by atoms with Crippen LogP contribution in [0.15, 0.2) is 30.3 Å². The van der Waals surface area contributed by atoms with E-state index in [2.05, 4.69) is 0 Å². The van der Waals surface area contributed by atoms with Gasteiger partial charge in [-0.25, -0.2) is 0 Å². The van der Waals surface area contributed by atoms with Crippen LogP contribution in [0.3, 0.4) is 0 Å². The Hall–Kier alpha value is -1.53. The van der Waals surface area contributed by atoms with Crippen LogP contribution in [0.1, 0.15) is 12.0 Å². The fraction of sp³-hybridized carbons (Fsp3) is 0.357. The van der Waals surface area contributed by atoms with Crippen molar-refractivity contribution in [1.82, 2.24) is 4.90 Å². The van der Waals surface area contributed by atoms with Gasteiger partial charge in [0.2, 0.25) is 5.91 Å². The van der Waals surface area contributed by atoms with Gasteiger partial charge in [-0.15, -0.1) is 0 Å². The van der Waals surface area contributed by atoms with E-state index >= 15 is 0 Å². The fourth-order valence-corrected chi connectivity index (χ4v) is 2.24. The van der Waals surface area contributed by atoms with Crippen molar-refractivity contribution in [3.63, 3.8) is 0 Å². The van der Waals surface area contributed by atoms with Gasteiger partial charge in [0.1, 0.15) is 0 Å². The van der Waals surface area contributed by atoms with Gasteiger partial charge < -0.3 is 10.0 Å². The quantitative estimate of drug-likeness (QED) is 0.852. The van der Waals surface area contributed by atoms with Crippen LogP contribution in [0.4, 0.5) is 13.2 Å². The predicted molar refractivity (Wildman–Crippen MR) is 72.7 cm³/mol. The summed E-state index contributed by atoms with van der Waals surface area (Å²) >= 11 is 5.65. The maximum absolute atomic E-state index is 13.1. The predicted octanol–water partition coefficient (Wildman–Crippen LogP) is 2.88. The number of nitrogens with zero attached hydrogens (tertiary/aromatic N) is 1. The molecule has 1 aliphatic rings. The molecule has 1 aromatic carbocycles. The minimum absolute atomic E-state index is 0.0566. The molecule has 0 unspecified atom stereocenters. The average molecular weight is 320 g/mol. The average Bonchev–Trinajstić information content (AvgIpc) is 2.82. The molecular formula is C14H13ClF3NO2. The molecule has 21 heavy (non-hydrogen) atoms. The smallest absolute Gasteiger partial charge is 0.391 e. The van der Waals surface area contributed by atoms with E-state index < -0.39 is 23.8 Å². The second kappa shape index (κ2) is 6.07. The van der Waals surface area contributed by atoms with Gasteiger partial charge in [-0.3, -0.25) is 4.79 Å². The Balaban J connectivity index is 2.30. The summed E-state index contributed by atoms with van der Waals surface area (Å²) in [5, 5.41) is 9.65. The molecule has 2 rings (SSSR count). The molecule has 1 atom stereocenters. The van der Waals surface area contributed by atoms with Gasteiger partial charge in [-0.1, -0.05) is 23.7 Å². The van der Waals surface area contributed by atoms with Crippen molar-refractivity contribution in [1.29, 1.82) is 0 Å². The highest BCUT2D eigenvalue weighted by Gasteiger charge is 2.36. The number of β-amino-alcohol motifs (C(OH)–C–C–N with tert-alkyl or cyclic N) is 1. The van der Waals surface area contributed by atoms with Crippen LogP contribution in [0.5, 0.6) is 0 Å². The maximum Gasteiger partial charge on any atom is 0.417 e. The molecule has 1 aliphatic heterocycles. The molecule has 3 nitrogen and oxygen atoms in total. The van der Waals surface area contributed by atoms with Crippen LogP contribution < -0.4 is 0 Å². The minimum Gasteiger partial charge on any atom is -0.391 e. The lowest BCUT2D eigenvalue weighted by atomic mass is 10.0. The summed E-state index contributed by atoms with van der Waals surface area (Å²) in [6.07, 6.45) is -4.38. The Morgan fingerprint density at radius 2 is 1.95 bits per heavy atom. The summed E-state index contributed by atoms with van der Waals surface area (Å²) in [5.74, 6) is -0.756. The summed E-state index contributed by atoms with van der Waals surface area (Å²) in [6, 6.07) is 5.10. The monoisotopic (exact) mass is 319 g/mol. The molecule has 1 N–H and O–H groups in total. The van der Waals surface area contributed by atoms with Crippen LogP contribution in [-0.2, 0) is 4.79 Å². The van der Waals surface area contributed by atoms with Gasteiger partial charge in [0, 0.05) is 24.2 Å². The van der Waals surface area contributed by atoms with Crippen molar-refractivity contribution in [2.75, 3.05) is 13.1 Å². The lowest BCUT2D eigenvalue weighted by Crippen LogP contribution is -2.29. The number of hydrogen-bond donors (Lipinski definition) is 1. The Morgan fingerprint density at radius 1 is 1.33 bits per heavy atom. The number of carbonyl (C=O) groups is 1. The number of benzene rings is 1. The molecule has 1 fully saturated rings. The van der Waals surface area contributed by atoms with Crippen molar-refractivity contribution in [2.24, 2.45) is 0 Å². The number of aliphatic hydroxyl groups excluding tert-OH is 1. The lowest BCUT2D eigenvalue weighted by molar-refractivity contribution is -0.125. The number of likely N-dealkylation sites (tertiary alicyclic amines) is 1. The Bertz CT molecular complexity index is 554. The molecule has 0 aromatic heterocycles. The van der Waals surface area contributed by atoms with E-state index in [4.69, 9.17) is 11.6 Å². The van der Waals surface area contributed by atoms with Gasteiger partial charge in [-0.2, -0.15) is 13.2 Å². The molecule has 1 heterocycles. The summed E-state index contributed by atoms with van der Waals surface area (Å²) in [6.45, 7) is 0.309. The second-order valence-electron chi connectivity index (χ2n) is 4.79. The third-order valence-corrected chi connectivity index (χ3v) is 3.46. The SMILES string of the molecule is O=C(/C=C(/c1ccc(Cl)cc1)C(F)(F)F)N1CC[C@@H](O)C1. The standard InChI is InChI=1S/C14H13ClF3NO2/c15-10-3-1-9(2-4-10)12(14(16,17)18)7-13(21)19-6-5-11(20)8-19/h1-4,7,11,20H,5-6,8H2/b12-7-/t11-/m1/s1. The number of aliphatic hydroxyl groups is 1. The molecule has 7 heteroatoms. The normalized spacial score (nSPS) is 20.0. The lowest BCUT2D eigenvalue weighted by Gasteiger charge is -2.16. The Morgan fingerprint density at radius 3 is 2.43 bits per heavy atom. The first-order chi connectivity index (χ1) is 9.77. The van der Waals surface area contributed by atoms with Crippen molar-refractivity contribution in [3.8, 4) is 0 Å². The third-order valence-electron chi connectivity index (χ3n) is 3.20. The second-order valence-corrected chi connectivity index (χ2v) is 5.23. The van der Waals surface area contributed by atoms with Crippen LogP contribution in [0.2, 0.25) is 5.02 Å². The van der Waals surface area contributed by atoms with E-state index in [0.717, 1.165) is 0 Å². The van der Waals surface area contributed by atoms with E-state index in [0.29, 0.717) is 17.5 Å². The molecule has 1 saturated heterocycles. The van der Waals surface area contributed by atoms with Gasteiger partial charge in [0.05, 0.1) is 11.7 Å². The van der Waals surface area contributed by atoms with E-state index in [9.17, 15) is 23.1 Å². The molecule has 0 saturated carbocycles. The van der Waals surface area contributed by atoms with Crippen LogP contribution >= 0.6 is 11.6 Å². The molecular weight excluding hydrogens is 307 g/mol. The van der Waals surface area contributed by atoms with E-state index in [1.165, 1.54) is 29.2 Å². The van der Waals surface area contributed by atoms with Crippen molar-refractivity contribution >= 4 is 23.1 Å². The molecule has 1 amide bonds. The number of halogens is 4. The summed E-state index contributed by atoms with van der Waals surface area (Å²) in [7, 11) is 0. The first-order valence-electron chi connectivity index (χ1n) is 6.29. The van der Waals surface area contributed by atoms with Crippen LogP contribution in [0.25, 0.3) is 5.57 Å². The highest BCUT2D eigenvalue weighted by Crippen LogP contribution is 2.34. The topological polar surface area (TPSA) is 40.5 Å². The molecule has 0 bridgehead atoms. The Labute approximate surface area is 124 Å². The van der Waals surface area contributed by atoms with Gasteiger partial charge in [0.15, 0.2) is 0 Å². The van der Waals surface area contributed by atoms with E-state index in [1.807, 2.05) is 0 Å². The molecule has 0 spiro atoms. The van der Waals surface area contributed by atoms with Crippen LogP contribution in [-0.4, -0.2) is 41.3 Å². The number of allylic oxidation sites excluding steroid dienone is 1. The zero-order valence-electron chi connectivity index (χ0n) is 10.9. The summed E-state index contributed by atoms with van der Waals surface area (Å²) < 4.78 is 39.3. The van der Waals surface area contributed by atoms with Crippen molar-refractivity contribution in [2.45, 2.75) is 18.7 Å². The number of amides is 1. The molecule has 0 aliphatic carbocycles. The highest BCUT2D eigenvalue weighted by atomic mass is 35.5. The minimum atomic E-state index is -4.65. The summed E-state index contributed by atoms with van der Waals surface area (Å²) in [4.78, 5) is 13.1. The van der Waals surface area contributed by atoms with Crippen molar-refractivity contribution in [3.05, 3.63) is 40.9 Å². The Kier molecular flexibility index (Phi) is 4.58. The van der Waals surface area contributed by atoms with Gasteiger partial charge in [0.25, 0.3) is 0 Å². The fourth-order valence-electron chi connectivity index (χ4n) is 2.12. The summed E-state index contributed by atoms with van der Waals surface area (Å²) in [5.41, 5.74) is -1.15. The van der Waals surface area contributed by atoms with Gasteiger partial charge >= 0.3 is 6.18 Å². The van der Waals surface area contributed by atoms with Gasteiger partial charge in [-0.05, 0) is 24.1 Å². The third kappa shape index (κ3) is 3.98. The number of rotatable bonds is 2. The van der Waals surface area contributed by atoms with Crippen molar-refractivity contribution < 1.29 is 23.1 Å². The van der Waals surface area contributed by atoms with Crippen LogP contribution in [0, 0.1) is 0 Å². The van der Waals surface area contributed by atoms with E-state index in [-0.39, 0.29) is 18.7 Å². The number of alkyl halides is 3. The zero-order valence-corrected chi connectivity index (χ0v) is 11.7. The van der Waals surface area contributed by atoms with E-state index in [1.54, 1.807) is 0 Å². The maximum atomic E-state index is 13.1. The molecule has 114 valence electrons. The molecule has 0 radical (unpaired) electrons. The first-order valence-corrected chi connectivity index (χ1v) is 6.67. The highest BCUT2D eigenvalue weighted by molar-refractivity contribution is 6.30.